The Morgan fingerprint density at radius 1 is 1.38 bits per heavy atom. The van der Waals surface area contributed by atoms with Crippen LogP contribution in [0, 0.1) is 11.3 Å². The first-order valence-corrected chi connectivity index (χ1v) is 7.32. The Bertz CT molecular complexity index is 853. The van der Waals surface area contributed by atoms with E-state index in [1.807, 2.05) is 0 Å². The minimum absolute atomic E-state index is 0.396. The monoisotopic (exact) mass is 316 g/mol. The molecule has 3 N–H and O–H groups in total. The predicted octanol–water partition coefficient (Wildman–Crippen LogP) is 2.75. The van der Waals surface area contributed by atoms with Gasteiger partial charge in [0.25, 0.3) is 0 Å². The Morgan fingerprint density at radius 3 is 3.05 bits per heavy atom. The lowest BCUT2D eigenvalue weighted by atomic mass is 10.1. The van der Waals surface area contributed by atoms with Crippen molar-refractivity contribution in [3.8, 4) is 6.07 Å². The summed E-state index contributed by atoms with van der Waals surface area (Å²) in [6.07, 6.45) is 0. The molecule has 0 fully saturated rings. The molecule has 0 saturated carbocycles. The summed E-state index contributed by atoms with van der Waals surface area (Å²) in [5, 5.41) is 20.0. The van der Waals surface area contributed by atoms with Gasteiger partial charge in [-0.15, -0.1) is 16.9 Å². The van der Waals surface area contributed by atoms with Crippen molar-refractivity contribution in [3.63, 3.8) is 0 Å². The zero-order chi connectivity index (χ0) is 14.8. The molecule has 8 heteroatoms. The topological polar surface area (TPSA) is 104 Å². The van der Waals surface area contributed by atoms with Crippen LogP contribution in [0.5, 0.6) is 0 Å². The molecule has 0 radical (unpaired) electrons. The minimum atomic E-state index is 0.396. The number of halogens is 1. The standard InChI is InChI=1S/C13H9ClN6S/c14-9-2-1-7(5-15)3-8(9)6-21-10-4-11(16)17-13-12(10)18-20-19-13/h1-4H,6H2,(H3,16,17,18,19,20). The first-order valence-electron chi connectivity index (χ1n) is 5.96. The fourth-order valence-corrected chi connectivity index (χ4v) is 3.14. The molecule has 6 nitrogen and oxygen atoms in total. The third-order valence-electron chi connectivity index (χ3n) is 2.84. The molecule has 0 aliphatic rings. The van der Waals surface area contributed by atoms with Crippen LogP contribution in [0.4, 0.5) is 5.82 Å². The number of pyridine rings is 1. The number of nitrogens with one attached hydrogen (secondary N) is 1. The fourth-order valence-electron chi connectivity index (χ4n) is 1.85. The van der Waals surface area contributed by atoms with Crippen LogP contribution in [0.2, 0.25) is 5.02 Å². The Labute approximate surface area is 129 Å². The molecule has 0 aliphatic carbocycles. The van der Waals surface area contributed by atoms with Gasteiger partial charge in [0.1, 0.15) is 11.3 Å². The van der Waals surface area contributed by atoms with Crippen LogP contribution >= 0.6 is 23.4 Å². The Morgan fingerprint density at radius 2 is 2.24 bits per heavy atom. The number of thioether (sulfide) groups is 1. The van der Waals surface area contributed by atoms with E-state index in [-0.39, 0.29) is 0 Å². The van der Waals surface area contributed by atoms with E-state index < -0.39 is 0 Å². The highest BCUT2D eigenvalue weighted by Gasteiger charge is 2.10. The summed E-state index contributed by atoms with van der Waals surface area (Å²) in [6, 6.07) is 9.04. The number of fused-ring (bicyclic) bond motifs is 1. The molecule has 104 valence electrons. The van der Waals surface area contributed by atoms with E-state index in [4.69, 9.17) is 22.6 Å². The molecule has 2 heterocycles. The molecule has 0 amide bonds. The summed E-state index contributed by atoms with van der Waals surface area (Å²) in [6.45, 7) is 0. The van der Waals surface area contributed by atoms with Gasteiger partial charge in [-0.1, -0.05) is 16.8 Å². The molecule has 1 aromatic carbocycles. The van der Waals surface area contributed by atoms with Crippen LogP contribution in [0.3, 0.4) is 0 Å². The van der Waals surface area contributed by atoms with Crippen molar-refractivity contribution in [3.05, 3.63) is 40.4 Å². The van der Waals surface area contributed by atoms with E-state index in [9.17, 15) is 0 Å². The number of anilines is 1. The number of hydrogen-bond donors (Lipinski definition) is 2. The van der Waals surface area contributed by atoms with Crippen molar-refractivity contribution < 1.29 is 0 Å². The third kappa shape index (κ3) is 2.77. The Hall–Kier alpha value is -2.30. The van der Waals surface area contributed by atoms with E-state index in [0.717, 1.165) is 10.5 Å². The maximum Gasteiger partial charge on any atom is 0.179 e. The molecule has 0 unspecified atom stereocenters. The SMILES string of the molecule is N#Cc1ccc(Cl)c(CSc2cc(N)nc3[nH]nnc23)c1. The molecule has 0 saturated heterocycles. The summed E-state index contributed by atoms with van der Waals surface area (Å²) in [5.74, 6) is 0.993. The smallest absolute Gasteiger partial charge is 0.179 e. The highest BCUT2D eigenvalue weighted by atomic mass is 35.5. The zero-order valence-corrected chi connectivity index (χ0v) is 12.2. The number of nitrogens with zero attached hydrogens (tertiary/aromatic N) is 4. The van der Waals surface area contributed by atoms with E-state index in [2.05, 4.69) is 26.5 Å². The summed E-state index contributed by atoms with van der Waals surface area (Å²) < 4.78 is 0. The van der Waals surface area contributed by atoms with Gasteiger partial charge in [-0.05, 0) is 29.8 Å². The van der Waals surface area contributed by atoms with E-state index >= 15 is 0 Å². The highest BCUT2D eigenvalue weighted by molar-refractivity contribution is 7.98. The highest BCUT2D eigenvalue weighted by Crippen LogP contribution is 2.31. The van der Waals surface area contributed by atoms with Gasteiger partial charge < -0.3 is 5.73 Å². The van der Waals surface area contributed by atoms with E-state index in [1.54, 1.807) is 24.3 Å². The van der Waals surface area contributed by atoms with Gasteiger partial charge in [0.15, 0.2) is 5.65 Å². The van der Waals surface area contributed by atoms with Crippen LogP contribution in [0.15, 0.2) is 29.2 Å². The summed E-state index contributed by atoms with van der Waals surface area (Å²) in [7, 11) is 0. The van der Waals surface area contributed by atoms with Gasteiger partial charge in [-0.3, -0.25) is 0 Å². The number of nitrogen functional groups attached to an aromatic ring is 1. The maximum atomic E-state index is 8.94. The van der Waals surface area contributed by atoms with Gasteiger partial charge in [-0.2, -0.15) is 5.26 Å². The average Bonchev–Trinajstić information content (AvgIpc) is 2.94. The lowest BCUT2D eigenvalue weighted by molar-refractivity contribution is 0.953. The molecule has 3 aromatic rings. The lowest BCUT2D eigenvalue weighted by Gasteiger charge is -2.06. The minimum Gasteiger partial charge on any atom is -0.384 e. The van der Waals surface area contributed by atoms with Gasteiger partial charge in [0, 0.05) is 15.7 Å². The van der Waals surface area contributed by atoms with Crippen molar-refractivity contribution >= 4 is 40.3 Å². The lowest BCUT2D eigenvalue weighted by Crippen LogP contribution is -1.92. The third-order valence-corrected chi connectivity index (χ3v) is 4.29. The van der Waals surface area contributed by atoms with Crippen molar-refractivity contribution in [1.29, 1.82) is 5.26 Å². The second-order valence-electron chi connectivity index (χ2n) is 4.26. The van der Waals surface area contributed by atoms with Crippen LogP contribution in [-0.4, -0.2) is 20.4 Å². The first kappa shape index (κ1) is 13.7. The van der Waals surface area contributed by atoms with Crippen LogP contribution in [0.1, 0.15) is 11.1 Å². The van der Waals surface area contributed by atoms with Crippen LogP contribution in [-0.2, 0) is 5.75 Å². The number of H-pyrrole nitrogens is 1. The predicted molar refractivity (Wildman–Crippen MR) is 81.8 cm³/mol. The zero-order valence-electron chi connectivity index (χ0n) is 10.7. The quantitative estimate of drug-likeness (QED) is 0.720. The van der Waals surface area contributed by atoms with Crippen LogP contribution in [0.25, 0.3) is 11.2 Å². The van der Waals surface area contributed by atoms with Crippen molar-refractivity contribution in [2.24, 2.45) is 0 Å². The summed E-state index contributed by atoms with van der Waals surface area (Å²) in [4.78, 5) is 4.98. The Kier molecular flexibility index (Phi) is 3.64. The molecule has 0 spiro atoms. The second kappa shape index (κ2) is 5.60. The van der Waals surface area contributed by atoms with E-state index in [0.29, 0.717) is 33.3 Å². The maximum absolute atomic E-state index is 8.94. The molecule has 0 atom stereocenters. The Balaban J connectivity index is 1.90. The van der Waals surface area contributed by atoms with Gasteiger partial charge >= 0.3 is 0 Å². The van der Waals surface area contributed by atoms with Crippen molar-refractivity contribution in [2.75, 3.05) is 5.73 Å². The normalized spacial score (nSPS) is 10.7. The molecule has 0 bridgehead atoms. The number of aromatic amines is 1. The largest absolute Gasteiger partial charge is 0.384 e. The second-order valence-corrected chi connectivity index (χ2v) is 5.69. The summed E-state index contributed by atoms with van der Waals surface area (Å²) in [5.41, 5.74) is 8.44. The molecule has 0 aliphatic heterocycles. The number of rotatable bonds is 3. The van der Waals surface area contributed by atoms with Crippen molar-refractivity contribution in [1.82, 2.24) is 20.4 Å². The molecular formula is C13H9ClN6S. The van der Waals surface area contributed by atoms with Gasteiger partial charge in [0.05, 0.1) is 11.6 Å². The first-order chi connectivity index (χ1) is 10.2. The molecular weight excluding hydrogens is 308 g/mol. The van der Waals surface area contributed by atoms with Crippen LogP contribution < -0.4 is 5.73 Å². The fraction of sp³-hybridized carbons (Fsp3) is 0.0769. The number of aromatic nitrogens is 4. The van der Waals surface area contributed by atoms with E-state index in [1.165, 1.54) is 11.8 Å². The molecule has 2 aromatic heterocycles. The van der Waals surface area contributed by atoms with Gasteiger partial charge in [0.2, 0.25) is 0 Å². The number of benzene rings is 1. The average molecular weight is 317 g/mol. The number of hydrogen-bond acceptors (Lipinski definition) is 6. The number of nitrogens with two attached hydrogens (primary N) is 1. The summed E-state index contributed by atoms with van der Waals surface area (Å²) >= 11 is 7.67. The van der Waals surface area contributed by atoms with Crippen molar-refractivity contribution in [2.45, 2.75) is 10.6 Å². The molecule has 3 rings (SSSR count). The molecule has 21 heavy (non-hydrogen) atoms. The number of nitriles is 1. The van der Waals surface area contributed by atoms with Gasteiger partial charge in [-0.25, -0.2) is 10.1 Å².